The second-order valence-electron chi connectivity index (χ2n) is 5.76. The quantitative estimate of drug-likeness (QED) is 0.542. The van der Waals surface area contributed by atoms with Crippen LogP contribution in [0.4, 0.5) is 0 Å². The molecule has 0 atom stereocenters. The molecule has 1 amide bonds. The molecule has 4 rings (SSSR count). The third-order valence-electron chi connectivity index (χ3n) is 3.94. The molecule has 0 unspecified atom stereocenters. The van der Waals surface area contributed by atoms with Gasteiger partial charge in [-0.3, -0.25) is 4.79 Å². The molecule has 2 aromatic heterocycles. The molecular weight excluding hydrogens is 334 g/mol. The summed E-state index contributed by atoms with van der Waals surface area (Å²) in [6.45, 7) is 0.809. The zero-order valence-electron chi connectivity index (χ0n) is 13.6. The first-order valence-electron chi connectivity index (χ1n) is 8.19. The second kappa shape index (κ2) is 6.98. The van der Waals surface area contributed by atoms with Crippen LogP contribution in [-0.2, 0) is 17.8 Å². The van der Waals surface area contributed by atoms with Crippen LogP contribution in [0, 0.1) is 0 Å². The number of carbonyl (C=O) groups excluding carboxylic acids is 1. The Kier molecular flexibility index (Phi) is 4.39. The molecule has 0 saturated heterocycles. The van der Waals surface area contributed by atoms with E-state index >= 15 is 0 Å². The van der Waals surface area contributed by atoms with E-state index < -0.39 is 0 Å². The molecule has 0 aliphatic rings. The van der Waals surface area contributed by atoms with E-state index in [0.29, 0.717) is 6.54 Å². The average molecular weight is 351 g/mol. The van der Waals surface area contributed by atoms with Gasteiger partial charge in [-0.2, -0.15) is 0 Å². The number of carbonyl (C=O) groups is 1. The van der Waals surface area contributed by atoms with Gasteiger partial charge >= 0.3 is 0 Å². The second-order valence-corrected chi connectivity index (χ2v) is 6.88. The Bertz CT molecular complexity index is 989. The average Bonchev–Trinajstić information content (AvgIpc) is 3.23. The number of hydrogen-bond donors (Lipinski definition) is 1. The van der Waals surface area contributed by atoms with Gasteiger partial charge in [-0.1, -0.05) is 29.5 Å². The van der Waals surface area contributed by atoms with Crippen LogP contribution in [-0.4, -0.2) is 32.4 Å². The fraction of sp³-hybridized carbons (Fsp3) is 0.222. The minimum atomic E-state index is -0.0556. The van der Waals surface area contributed by atoms with Crippen LogP contribution in [0.5, 0.6) is 0 Å². The Hall–Kier alpha value is -2.80. The minimum Gasteiger partial charge on any atom is -0.354 e. The summed E-state index contributed by atoms with van der Waals surface area (Å²) in [5, 5.41) is 12.1. The van der Waals surface area contributed by atoms with Gasteiger partial charge < -0.3 is 5.32 Å². The van der Waals surface area contributed by atoms with Crippen molar-refractivity contribution in [2.45, 2.75) is 19.4 Å². The van der Waals surface area contributed by atoms with Crippen molar-refractivity contribution < 1.29 is 4.79 Å². The van der Waals surface area contributed by atoms with E-state index in [1.807, 2.05) is 42.5 Å². The van der Waals surface area contributed by atoms with Crippen LogP contribution >= 0.6 is 11.3 Å². The maximum atomic E-state index is 12.1. The highest BCUT2D eigenvalue weighted by molar-refractivity contribution is 7.18. The highest BCUT2D eigenvalue weighted by Crippen LogP contribution is 2.22. The summed E-state index contributed by atoms with van der Waals surface area (Å²) in [6, 6.07) is 15.8. The van der Waals surface area contributed by atoms with Gasteiger partial charge in [-0.25, -0.2) is 9.67 Å². The van der Waals surface area contributed by atoms with Crippen molar-refractivity contribution >= 4 is 38.5 Å². The zero-order chi connectivity index (χ0) is 17.1. The molecule has 0 aliphatic heterocycles. The normalized spacial score (nSPS) is 11.2. The minimum absolute atomic E-state index is 0.0556. The smallest absolute Gasteiger partial charge is 0.241 e. The first kappa shape index (κ1) is 15.7. The lowest BCUT2D eigenvalue weighted by atomic mass is 10.3. The molecule has 2 aromatic carbocycles. The fourth-order valence-electron chi connectivity index (χ4n) is 2.72. The van der Waals surface area contributed by atoms with E-state index in [0.717, 1.165) is 34.4 Å². The number of thiazole rings is 1. The highest BCUT2D eigenvalue weighted by Gasteiger charge is 2.08. The van der Waals surface area contributed by atoms with Crippen molar-refractivity contribution in [2.75, 3.05) is 6.54 Å². The molecule has 2 heterocycles. The van der Waals surface area contributed by atoms with Gasteiger partial charge in [0.2, 0.25) is 5.91 Å². The topological polar surface area (TPSA) is 72.7 Å². The van der Waals surface area contributed by atoms with Gasteiger partial charge in [-0.15, -0.1) is 16.4 Å². The molecule has 0 fully saturated rings. The summed E-state index contributed by atoms with van der Waals surface area (Å²) < 4.78 is 2.83. The molecular formula is C18H17N5OS. The van der Waals surface area contributed by atoms with E-state index in [9.17, 15) is 4.79 Å². The van der Waals surface area contributed by atoms with Crippen LogP contribution in [0.25, 0.3) is 21.3 Å². The lowest BCUT2D eigenvalue weighted by Gasteiger charge is -2.05. The van der Waals surface area contributed by atoms with Crippen LogP contribution in [0.3, 0.4) is 0 Å². The van der Waals surface area contributed by atoms with Gasteiger partial charge in [0.25, 0.3) is 0 Å². The molecule has 6 nitrogen and oxygen atoms in total. The maximum Gasteiger partial charge on any atom is 0.241 e. The number of nitrogens with one attached hydrogen (secondary N) is 1. The van der Waals surface area contributed by atoms with Gasteiger partial charge in [0, 0.05) is 13.0 Å². The van der Waals surface area contributed by atoms with E-state index in [2.05, 4.69) is 26.7 Å². The van der Waals surface area contributed by atoms with Gasteiger partial charge in [-0.05, 0) is 30.7 Å². The fourth-order valence-corrected chi connectivity index (χ4v) is 3.73. The SMILES string of the molecule is O=C(Cn1nnc2ccccc21)NCCCc1nc2ccccc2s1. The van der Waals surface area contributed by atoms with E-state index in [-0.39, 0.29) is 12.5 Å². The van der Waals surface area contributed by atoms with Crippen molar-refractivity contribution in [1.29, 1.82) is 0 Å². The van der Waals surface area contributed by atoms with Crippen molar-refractivity contribution in [1.82, 2.24) is 25.3 Å². The lowest BCUT2D eigenvalue weighted by Crippen LogP contribution is -2.29. The number of amides is 1. The van der Waals surface area contributed by atoms with E-state index in [4.69, 9.17) is 0 Å². The van der Waals surface area contributed by atoms with Crippen molar-refractivity contribution in [3.63, 3.8) is 0 Å². The first-order valence-corrected chi connectivity index (χ1v) is 9.00. The molecule has 126 valence electrons. The number of aromatic nitrogens is 4. The Morgan fingerprint density at radius 2 is 1.88 bits per heavy atom. The first-order chi connectivity index (χ1) is 12.3. The summed E-state index contributed by atoms with van der Waals surface area (Å²) in [6.07, 6.45) is 1.73. The Labute approximate surface area is 148 Å². The summed E-state index contributed by atoms with van der Waals surface area (Å²) in [5.41, 5.74) is 2.71. The maximum absolute atomic E-state index is 12.1. The molecule has 0 bridgehead atoms. The van der Waals surface area contributed by atoms with Crippen molar-refractivity contribution in [3.05, 3.63) is 53.5 Å². The van der Waals surface area contributed by atoms with E-state index in [1.54, 1.807) is 16.0 Å². The predicted molar refractivity (Wildman–Crippen MR) is 98.5 cm³/mol. The van der Waals surface area contributed by atoms with Gasteiger partial charge in [0.1, 0.15) is 12.1 Å². The van der Waals surface area contributed by atoms with Crippen LogP contribution in [0.15, 0.2) is 48.5 Å². The number of benzene rings is 2. The highest BCUT2D eigenvalue weighted by atomic mass is 32.1. The van der Waals surface area contributed by atoms with E-state index in [1.165, 1.54) is 4.70 Å². The number of fused-ring (bicyclic) bond motifs is 2. The zero-order valence-corrected chi connectivity index (χ0v) is 14.4. The standard InChI is InChI=1S/C18H17N5OS/c24-17(12-23-15-8-3-1-6-13(15)21-22-23)19-11-5-10-18-20-14-7-2-4-9-16(14)25-18/h1-4,6-9H,5,10-12H2,(H,19,24). The molecule has 7 heteroatoms. The molecule has 0 saturated carbocycles. The van der Waals surface area contributed by atoms with Crippen LogP contribution < -0.4 is 5.32 Å². The van der Waals surface area contributed by atoms with Crippen LogP contribution in [0.2, 0.25) is 0 Å². The lowest BCUT2D eigenvalue weighted by molar-refractivity contribution is -0.121. The summed E-state index contributed by atoms with van der Waals surface area (Å²) in [4.78, 5) is 16.7. The monoisotopic (exact) mass is 351 g/mol. The molecule has 1 N–H and O–H groups in total. The Balaban J connectivity index is 1.27. The van der Waals surface area contributed by atoms with Crippen molar-refractivity contribution in [2.24, 2.45) is 0 Å². The third kappa shape index (κ3) is 3.51. The number of nitrogens with zero attached hydrogens (tertiary/aromatic N) is 4. The number of rotatable bonds is 6. The molecule has 0 spiro atoms. The molecule has 4 aromatic rings. The molecule has 0 radical (unpaired) electrons. The van der Waals surface area contributed by atoms with Gasteiger partial charge in [0.05, 0.1) is 20.7 Å². The summed E-state index contributed by atoms with van der Waals surface area (Å²) >= 11 is 1.72. The molecule has 0 aliphatic carbocycles. The Morgan fingerprint density at radius 3 is 2.76 bits per heavy atom. The molecule has 25 heavy (non-hydrogen) atoms. The summed E-state index contributed by atoms with van der Waals surface area (Å²) in [5.74, 6) is -0.0556. The number of para-hydroxylation sites is 2. The Morgan fingerprint density at radius 1 is 1.08 bits per heavy atom. The van der Waals surface area contributed by atoms with Crippen molar-refractivity contribution in [3.8, 4) is 0 Å². The van der Waals surface area contributed by atoms with Crippen LogP contribution in [0.1, 0.15) is 11.4 Å². The summed E-state index contributed by atoms with van der Waals surface area (Å²) in [7, 11) is 0. The number of hydrogen-bond acceptors (Lipinski definition) is 5. The number of aryl methyl sites for hydroxylation is 1. The predicted octanol–water partition coefficient (Wildman–Crippen LogP) is 2.79. The van der Waals surface area contributed by atoms with Gasteiger partial charge in [0.15, 0.2) is 0 Å². The largest absolute Gasteiger partial charge is 0.354 e. The third-order valence-corrected chi connectivity index (χ3v) is 5.04.